The predicted molar refractivity (Wildman–Crippen MR) is 155 cm³/mol. The van der Waals surface area contributed by atoms with Crippen molar-refractivity contribution in [2.24, 2.45) is 0 Å². The van der Waals surface area contributed by atoms with Gasteiger partial charge in [-0.05, 0) is 12.8 Å². The van der Waals surface area contributed by atoms with Crippen LogP contribution in [-0.4, -0.2) is 89.0 Å². The molecule has 10 heteroatoms. The molecule has 6 atom stereocenters. The van der Waals surface area contributed by atoms with E-state index in [9.17, 15) is 30.0 Å². The van der Waals surface area contributed by atoms with Crippen LogP contribution in [0, 0.1) is 0 Å². The van der Waals surface area contributed by atoms with Gasteiger partial charge in [0.25, 0.3) is 0 Å². The quantitative estimate of drug-likeness (QED) is 0.0893. The fraction of sp³-hybridized carbons (Fsp3) is 0.935. The molecule has 4 N–H and O–H groups in total. The van der Waals surface area contributed by atoms with E-state index in [2.05, 4.69) is 6.92 Å². The summed E-state index contributed by atoms with van der Waals surface area (Å²) >= 11 is 0. The van der Waals surface area contributed by atoms with Crippen molar-refractivity contribution in [2.45, 2.75) is 166 Å². The summed E-state index contributed by atoms with van der Waals surface area (Å²) in [5, 5.41) is 39.5. The molecule has 0 aromatic carbocycles. The summed E-state index contributed by atoms with van der Waals surface area (Å²) in [6.45, 7) is 3.20. The van der Waals surface area contributed by atoms with Crippen LogP contribution in [0.2, 0.25) is 0 Å². The summed E-state index contributed by atoms with van der Waals surface area (Å²) < 4.78 is 21.7. The van der Waals surface area contributed by atoms with Crippen molar-refractivity contribution < 1.29 is 49.0 Å². The van der Waals surface area contributed by atoms with Gasteiger partial charge in [-0.2, -0.15) is 0 Å². The number of aliphatic hydroxyl groups excluding tert-OH is 4. The molecule has 0 aromatic heterocycles. The molecule has 1 aliphatic heterocycles. The molecule has 0 bridgehead atoms. The maximum absolute atomic E-state index is 12.5. The van der Waals surface area contributed by atoms with Crippen molar-refractivity contribution in [3.05, 3.63) is 0 Å². The number of aliphatic hydroxyl groups is 4. The lowest BCUT2D eigenvalue weighted by molar-refractivity contribution is -0.305. The Balaban J connectivity index is 2.38. The average Bonchev–Trinajstić information content (AvgIpc) is 2.96. The lowest BCUT2D eigenvalue weighted by Gasteiger charge is -2.39. The smallest absolute Gasteiger partial charge is 0.306 e. The van der Waals surface area contributed by atoms with Crippen LogP contribution in [0.1, 0.15) is 129 Å². The molecule has 1 saturated heterocycles. The Hall–Kier alpha value is -1.30. The Morgan fingerprint density at radius 3 is 1.71 bits per heavy atom. The normalized spacial score (nSPS) is 23.3. The zero-order valence-electron chi connectivity index (χ0n) is 25.6. The van der Waals surface area contributed by atoms with Crippen molar-refractivity contribution in [2.75, 3.05) is 19.8 Å². The van der Waals surface area contributed by atoms with Crippen molar-refractivity contribution in [1.29, 1.82) is 0 Å². The zero-order chi connectivity index (χ0) is 30.3. The first kappa shape index (κ1) is 37.7. The minimum Gasteiger partial charge on any atom is -0.462 e. The monoisotopic (exact) mass is 590 g/mol. The number of rotatable bonds is 25. The zero-order valence-corrected chi connectivity index (χ0v) is 25.6. The summed E-state index contributed by atoms with van der Waals surface area (Å²) in [6.07, 6.45) is 10.7. The van der Waals surface area contributed by atoms with E-state index in [-0.39, 0.29) is 26.1 Å². The molecule has 1 aliphatic rings. The third kappa shape index (κ3) is 17.4. The van der Waals surface area contributed by atoms with Crippen LogP contribution in [0.15, 0.2) is 0 Å². The maximum Gasteiger partial charge on any atom is 0.306 e. The van der Waals surface area contributed by atoms with Gasteiger partial charge in [0.1, 0.15) is 31.0 Å². The Bertz CT molecular complexity index is 659. The van der Waals surface area contributed by atoms with Crippen LogP contribution in [0.4, 0.5) is 0 Å². The highest BCUT2D eigenvalue weighted by atomic mass is 16.7. The summed E-state index contributed by atoms with van der Waals surface area (Å²) in [4.78, 5) is 24.6. The number of unbranched alkanes of at least 4 members (excludes halogenated alkanes) is 14. The standard InChI is InChI=1S/C31H58O10/c1-3-5-7-8-9-10-11-12-13-14-15-16-18-20-27(34)40-24(22-38-26(33)19-17-6-4-2)23-39-31-30(37)29(36)28(35)25(21-32)41-31/h24-25,28-32,35-37H,3-23H2,1-2H3/t24-,25+,28+,29+,30+,31-/m1/s1. The Morgan fingerprint density at radius 1 is 0.659 bits per heavy atom. The van der Waals surface area contributed by atoms with Gasteiger partial charge < -0.3 is 39.4 Å². The lowest BCUT2D eigenvalue weighted by Crippen LogP contribution is -2.59. The molecule has 41 heavy (non-hydrogen) atoms. The summed E-state index contributed by atoms with van der Waals surface area (Å²) in [5.41, 5.74) is 0. The Kier molecular flexibility index (Phi) is 22.2. The Morgan fingerprint density at radius 2 is 1.15 bits per heavy atom. The molecule has 0 radical (unpaired) electrons. The average molecular weight is 591 g/mol. The molecular weight excluding hydrogens is 532 g/mol. The minimum atomic E-state index is -1.58. The molecule has 1 rings (SSSR count). The van der Waals surface area contributed by atoms with Crippen LogP contribution in [0.3, 0.4) is 0 Å². The molecule has 1 heterocycles. The highest BCUT2D eigenvalue weighted by molar-refractivity contribution is 5.70. The molecule has 0 unspecified atom stereocenters. The second kappa shape index (κ2) is 24.2. The third-order valence-corrected chi connectivity index (χ3v) is 7.49. The molecule has 0 aromatic rings. The number of carbonyl (C=O) groups is 2. The van der Waals surface area contributed by atoms with Gasteiger partial charge in [0, 0.05) is 12.8 Å². The van der Waals surface area contributed by atoms with Gasteiger partial charge >= 0.3 is 11.9 Å². The summed E-state index contributed by atoms with van der Waals surface area (Å²) in [6, 6.07) is 0. The molecule has 1 fully saturated rings. The van der Waals surface area contributed by atoms with E-state index in [0.717, 1.165) is 32.1 Å². The maximum atomic E-state index is 12.5. The van der Waals surface area contributed by atoms with E-state index < -0.39 is 55.4 Å². The fourth-order valence-electron chi connectivity index (χ4n) is 4.83. The van der Waals surface area contributed by atoms with Crippen LogP contribution < -0.4 is 0 Å². The van der Waals surface area contributed by atoms with Gasteiger partial charge in [0.15, 0.2) is 12.4 Å². The van der Waals surface area contributed by atoms with E-state index in [4.69, 9.17) is 18.9 Å². The van der Waals surface area contributed by atoms with Gasteiger partial charge in [-0.25, -0.2) is 0 Å². The van der Waals surface area contributed by atoms with E-state index in [1.54, 1.807) is 0 Å². The molecule has 0 aliphatic carbocycles. The first-order valence-electron chi connectivity index (χ1n) is 16.1. The second-order valence-corrected chi connectivity index (χ2v) is 11.3. The van der Waals surface area contributed by atoms with E-state index in [0.29, 0.717) is 12.8 Å². The van der Waals surface area contributed by atoms with Crippen molar-refractivity contribution >= 4 is 11.9 Å². The van der Waals surface area contributed by atoms with E-state index in [1.165, 1.54) is 57.8 Å². The van der Waals surface area contributed by atoms with Gasteiger partial charge in [0.05, 0.1) is 13.2 Å². The molecular formula is C31H58O10. The number of carbonyl (C=O) groups excluding carboxylic acids is 2. The second-order valence-electron chi connectivity index (χ2n) is 11.3. The first-order chi connectivity index (χ1) is 19.8. The molecule has 0 saturated carbocycles. The number of hydrogen-bond acceptors (Lipinski definition) is 10. The number of ether oxygens (including phenoxy) is 4. The first-order valence-corrected chi connectivity index (χ1v) is 16.1. The van der Waals surface area contributed by atoms with Gasteiger partial charge in [-0.3, -0.25) is 9.59 Å². The van der Waals surface area contributed by atoms with Gasteiger partial charge in [0.2, 0.25) is 0 Å². The number of hydrogen-bond donors (Lipinski definition) is 4. The minimum absolute atomic E-state index is 0.216. The highest BCUT2D eigenvalue weighted by Crippen LogP contribution is 2.22. The summed E-state index contributed by atoms with van der Waals surface area (Å²) in [5.74, 6) is -0.832. The topological polar surface area (TPSA) is 152 Å². The van der Waals surface area contributed by atoms with Crippen molar-refractivity contribution in [3.63, 3.8) is 0 Å². The lowest BCUT2D eigenvalue weighted by atomic mass is 9.99. The fourth-order valence-corrected chi connectivity index (χ4v) is 4.83. The molecule has 0 spiro atoms. The van der Waals surface area contributed by atoms with Crippen molar-refractivity contribution in [3.8, 4) is 0 Å². The van der Waals surface area contributed by atoms with E-state index in [1.807, 2.05) is 6.92 Å². The van der Waals surface area contributed by atoms with E-state index >= 15 is 0 Å². The van der Waals surface area contributed by atoms with Gasteiger partial charge in [-0.1, -0.05) is 104 Å². The van der Waals surface area contributed by atoms with Crippen LogP contribution >= 0.6 is 0 Å². The number of esters is 2. The summed E-state index contributed by atoms with van der Waals surface area (Å²) in [7, 11) is 0. The SMILES string of the molecule is CCCCCCCCCCCCCCCC(=O)O[C@H](COC(=O)CCCCC)CO[C@@H]1O[C@@H](CO)[C@H](O)[C@H](O)[C@@H]1O. The third-order valence-electron chi connectivity index (χ3n) is 7.49. The molecule has 242 valence electrons. The Labute approximate surface area is 247 Å². The molecule has 0 amide bonds. The highest BCUT2D eigenvalue weighted by Gasteiger charge is 2.44. The van der Waals surface area contributed by atoms with Crippen LogP contribution in [0.5, 0.6) is 0 Å². The van der Waals surface area contributed by atoms with Crippen LogP contribution in [0.25, 0.3) is 0 Å². The van der Waals surface area contributed by atoms with Gasteiger partial charge in [-0.15, -0.1) is 0 Å². The molecule has 10 nitrogen and oxygen atoms in total. The van der Waals surface area contributed by atoms with Crippen LogP contribution in [-0.2, 0) is 28.5 Å². The largest absolute Gasteiger partial charge is 0.462 e. The van der Waals surface area contributed by atoms with Crippen molar-refractivity contribution in [1.82, 2.24) is 0 Å². The predicted octanol–water partition coefficient (Wildman–Crippen LogP) is 4.32.